The fourth-order valence-corrected chi connectivity index (χ4v) is 3.19. The van der Waals surface area contributed by atoms with Gasteiger partial charge in [0, 0.05) is 5.92 Å². The van der Waals surface area contributed by atoms with Gasteiger partial charge in [0.25, 0.3) is 0 Å². The molecule has 2 aliphatic rings. The van der Waals surface area contributed by atoms with Crippen LogP contribution in [0, 0.1) is 11.8 Å². The summed E-state index contributed by atoms with van der Waals surface area (Å²) in [5, 5.41) is 0. The summed E-state index contributed by atoms with van der Waals surface area (Å²) < 4.78 is 6.31. The lowest BCUT2D eigenvalue weighted by atomic mass is 9.69. The molecule has 0 amide bonds. The Morgan fingerprint density at radius 1 is 1.47 bits per heavy atom. The first-order chi connectivity index (χ1) is 7.04. The molecule has 1 heteroatoms. The molecule has 1 aliphatic heterocycles. The summed E-state index contributed by atoms with van der Waals surface area (Å²) in [6.07, 6.45) is 7.93. The Balaban J connectivity index is 2.20. The molecule has 2 bridgehead atoms. The lowest BCUT2D eigenvalue weighted by Gasteiger charge is -2.49. The summed E-state index contributed by atoms with van der Waals surface area (Å²) in [7, 11) is 0. The predicted molar refractivity (Wildman–Crippen MR) is 63.8 cm³/mol. The average Bonchev–Trinajstić information content (AvgIpc) is 2.16. The molecule has 1 fully saturated rings. The Kier molecular flexibility index (Phi) is 2.94. The van der Waals surface area contributed by atoms with E-state index in [9.17, 15) is 0 Å². The Morgan fingerprint density at radius 3 is 2.87 bits per heavy atom. The van der Waals surface area contributed by atoms with E-state index < -0.39 is 0 Å². The largest absolute Gasteiger partial charge is 0.371 e. The second-order valence-electron chi connectivity index (χ2n) is 5.77. The molecule has 1 saturated heterocycles. The first kappa shape index (κ1) is 11.2. The monoisotopic (exact) mass is 208 g/mol. The molecule has 1 aliphatic carbocycles. The summed E-state index contributed by atoms with van der Waals surface area (Å²) in [6.45, 7) is 9.08. The van der Waals surface area contributed by atoms with E-state index in [1.807, 2.05) is 0 Å². The Morgan fingerprint density at radius 2 is 2.20 bits per heavy atom. The minimum absolute atomic E-state index is 0.0908. The van der Waals surface area contributed by atoms with Gasteiger partial charge in [-0.25, -0.2) is 0 Å². The maximum absolute atomic E-state index is 6.31. The van der Waals surface area contributed by atoms with Crippen molar-refractivity contribution in [1.82, 2.24) is 0 Å². The zero-order valence-electron chi connectivity index (χ0n) is 10.5. The molecule has 0 aromatic carbocycles. The third-order valence-corrected chi connectivity index (χ3v) is 4.31. The van der Waals surface area contributed by atoms with Gasteiger partial charge >= 0.3 is 0 Å². The lowest BCUT2D eigenvalue weighted by Crippen LogP contribution is -2.49. The highest BCUT2D eigenvalue weighted by Gasteiger charge is 2.44. The molecule has 0 saturated carbocycles. The fraction of sp³-hybridized carbons (Fsp3) is 0.857. The van der Waals surface area contributed by atoms with Crippen LogP contribution in [0.5, 0.6) is 0 Å². The van der Waals surface area contributed by atoms with Gasteiger partial charge in [-0.3, -0.25) is 0 Å². The molecule has 0 unspecified atom stereocenters. The van der Waals surface area contributed by atoms with E-state index in [1.165, 1.54) is 25.7 Å². The number of allylic oxidation sites excluding steroid dienone is 1. The number of ether oxygens (including phenoxy) is 1. The van der Waals surface area contributed by atoms with E-state index in [0.717, 1.165) is 5.92 Å². The van der Waals surface area contributed by atoms with E-state index in [1.54, 1.807) is 5.57 Å². The van der Waals surface area contributed by atoms with Crippen molar-refractivity contribution in [3.8, 4) is 0 Å². The summed E-state index contributed by atoms with van der Waals surface area (Å²) >= 11 is 0. The standard InChI is InChI=1S/C14H24O/c1-5-6-13-12-9-11(8-7-10(12)2)14(3,4)15-13/h7,11-13H,5-6,8-9H2,1-4H3/t11-,12+,13+/m0/s1. The van der Waals surface area contributed by atoms with E-state index in [-0.39, 0.29) is 5.60 Å². The van der Waals surface area contributed by atoms with Crippen LogP contribution < -0.4 is 0 Å². The average molecular weight is 208 g/mol. The van der Waals surface area contributed by atoms with Gasteiger partial charge < -0.3 is 4.74 Å². The van der Waals surface area contributed by atoms with Crippen molar-refractivity contribution in [2.24, 2.45) is 11.8 Å². The van der Waals surface area contributed by atoms with Gasteiger partial charge in [0.1, 0.15) is 0 Å². The zero-order valence-corrected chi connectivity index (χ0v) is 10.5. The highest BCUT2D eigenvalue weighted by atomic mass is 16.5. The normalized spacial score (nSPS) is 38.7. The highest BCUT2D eigenvalue weighted by molar-refractivity contribution is 5.14. The molecule has 86 valence electrons. The van der Waals surface area contributed by atoms with Gasteiger partial charge in [-0.05, 0) is 46.0 Å². The summed E-state index contributed by atoms with van der Waals surface area (Å²) in [6, 6.07) is 0. The fourth-order valence-electron chi connectivity index (χ4n) is 3.19. The topological polar surface area (TPSA) is 9.23 Å². The van der Waals surface area contributed by atoms with E-state index >= 15 is 0 Å². The summed E-state index contributed by atoms with van der Waals surface area (Å²) in [4.78, 5) is 0. The van der Waals surface area contributed by atoms with Crippen LogP contribution >= 0.6 is 0 Å². The van der Waals surface area contributed by atoms with Crippen molar-refractivity contribution in [2.45, 2.75) is 65.1 Å². The first-order valence-corrected chi connectivity index (χ1v) is 6.39. The maximum Gasteiger partial charge on any atom is 0.0661 e. The smallest absolute Gasteiger partial charge is 0.0661 e. The SMILES string of the molecule is CCC[C@H]1OC(C)(C)[C@H]2CC=C(C)[C@H]1C2. The molecular formula is C14H24O. The molecule has 3 atom stereocenters. The molecule has 0 aromatic heterocycles. The second kappa shape index (κ2) is 3.93. The third kappa shape index (κ3) is 1.99. The molecule has 1 nitrogen and oxygen atoms in total. The minimum Gasteiger partial charge on any atom is -0.371 e. The van der Waals surface area contributed by atoms with Gasteiger partial charge in [-0.1, -0.05) is 25.0 Å². The van der Waals surface area contributed by atoms with Crippen molar-refractivity contribution < 1.29 is 4.74 Å². The molecule has 2 rings (SSSR count). The molecule has 0 spiro atoms. The molecule has 1 heterocycles. The molecule has 0 radical (unpaired) electrons. The number of hydrogen-bond acceptors (Lipinski definition) is 1. The number of hydrogen-bond donors (Lipinski definition) is 0. The molecule has 0 N–H and O–H groups in total. The van der Waals surface area contributed by atoms with Gasteiger partial charge in [-0.15, -0.1) is 0 Å². The Labute approximate surface area is 93.9 Å². The molecular weight excluding hydrogens is 184 g/mol. The molecule has 0 aromatic rings. The zero-order chi connectivity index (χ0) is 11.1. The number of rotatable bonds is 2. The quantitative estimate of drug-likeness (QED) is 0.625. The van der Waals surface area contributed by atoms with E-state index in [2.05, 4.69) is 33.8 Å². The lowest BCUT2D eigenvalue weighted by molar-refractivity contribution is -0.165. The van der Waals surface area contributed by atoms with Crippen LogP contribution in [-0.2, 0) is 4.74 Å². The first-order valence-electron chi connectivity index (χ1n) is 6.39. The van der Waals surface area contributed by atoms with Crippen molar-refractivity contribution >= 4 is 0 Å². The number of fused-ring (bicyclic) bond motifs is 2. The van der Waals surface area contributed by atoms with E-state index in [0.29, 0.717) is 12.0 Å². The van der Waals surface area contributed by atoms with Gasteiger partial charge in [0.2, 0.25) is 0 Å². The van der Waals surface area contributed by atoms with Crippen molar-refractivity contribution in [3.63, 3.8) is 0 Å². The van der Waals surface area contributed by atoms with Crippen molar-refractivity contribution in [2.75, 3.05) is 0 Å². The van der Waals surface area contributed by atoms with Crippen molar-refractivity contribution in [1.29, 1.82) is 0 Å². The van der Waals surface area contributed by atoms with Gasteiger partial charge in [0.05, 0.1) is 11.7 Å². The van der Waals surface area contributed by atoms with Gasteiger partial charge in [-0.2, -0.15) is 0 Å². The Bertz CT molecular complexity index is 265. The van der Waals surface area contributed by atoms with E-state index in [4.69, 9.17) is 4.74 Å². The van der Waals surface area contributed by atoms with Crippen LogP contribution in [-0.4, -0.2) is 11.7 Å². The van der Waals surface area contributed by atoms with Crippen molar-refractivity contribution in [3.05, 3.63) is 11.6 Å². The highest BCUT2D eigenvalue weighted by Crippen LogP contribution is 2.46. The van der Waals surface area contributed by atoms with Crippen LogP contribution in [0.25, 0.3) is 0 Å². The predicted octanol–water partition coefficient (Wildman–Crippen LogP) is 3.94. The van der Waals surface area contributed by atoms with Gasteiger partial charge in [0.15, 0.2) is 0 Å². The van der Waals surface area contributed by atoms with Crippen LogP contribution in [0.1, 0.15) is 53.4 Å². The molecule has 15 heavy (non-hydrogen) atoms. The second-order valence-corrected chi connectivity index (χ2v) is 5.77. The maximum atomic E-state index is 6.31. The van der Waals surface area contributed by atoms with Crippen LogP contribution in [0.15, 0.2) is 11.6 Å². The summed E-state index contributed by atoms with van der Waals surface area (Å²) in [5.41, 5.74) is 1.66. The van der Waals surface area contributed by atoms with Crippen LogP contribution in [0.4, 0.5) is 0 Å². The van der Waals surface area contributed by atoms with Crippen LogP contribution in [0.2, 0.25) is 0 Å². The third-order valence-electron chi connectivity index (χ3n) is 4.31. The summed E-state index contributed by atoms with van der Waals surface area (Å²) in [5.74, 6) is 1.44. The van der Waals surface area contributed by atoms with Crippen LogP contribution in [0.3, 0.4) is 0 Å². The Hall–Kier alpha value is -0.300. The minimum atomic E-state index is 0.0908.